The first-order valence-corrected chi connectivity index (χ1v) is 7.40. The van der Waals surface area contributed by atoms with Crippen molar-refractivity contribution in [3.05, 3.63) is 65.2 Å². The van der Waals surface area contributed by atoms with E-state index in [0.29, 0.717) is 13.1 Å². The van der Waals surface area contributed by atoms with Gasteiger partial charge in [0.15, 0.2) is 0 Å². The minimum atomic E-state index is -0.0706. The summed E-state index contributed by atoms with van der Waals surface area (Å²) >= 11 is 0. The van der Waals surface area contributed by atoms with Crippen molar-refractivity contribution in [2.75, 3.05) is 18.4 Å². The Hall–Kier alpha value is -2.29. The van der Waals surface area contributed by atoms with Crippen LogP contribution >= 0.6 is 0 Å². The molecule has 0 bridgehead atoms. The van der Waals surface area contributed by atoms with Crippen LogP contribution in [0.15, 0.2) is 48.5 Å². The molecule has 0 spiro atoms. The van der Waals surface area contributed by atoms with Crippen LogP contribution in [0.4, 0.5) is 5.69 Å². The summed E-state index contributed by atoms with van der Waals surface area (Å²) in [6.07, 6.45) is 0.870. The predicted octanol–water partition coefficient (Wildman–Crippen LogP) is 2.86. The molecule has 2 aromatic carbocycles. The number of carbonyl (C=O) groups excluding carboxylic acids is 1. The monoisotopic (exact) mass is 280 g/mol. The third-order valence-electron chi connectivity index (χ3n) is 3.94. The molecule has 0 saturated carbocycles. The average Bonchev–Trinajstić information content (AvgIpc) is 2.91. The minimum absolute atomic E-state index is 0.0706. The SMILES string of the molecule is Cc1cccc(CCNC(=O)C2CNc3ccccc32)c1. The van der Waals surface area contributed by atoms with E-state index in [9.17, 15) is 4.79 Å². The van der Waals surface area contributed by atoms with Gasteiger partial charge in [-0.1, -0.05) is 48.0 Å². The Morgan fingerprint density at radius 2 is 2.10 bits per heavy atom. The molecule has 3 rings (SSSR count). The quantitative estimate of drug-likeness (QED) is 0.904. The fourth-order valence-corrected chi connectivity index (χ4v) is 2.84. The van der Waals surface area contributed by atoms with Crippen LogP contribution in [0.25, 0.3) is 0 Å². The standard InChI is InChI=1S/C18H20N2O/c1-13-5-4-6-14(11-13)9-10-19-18(21)16-12-20-17-8-3-2-7-15(16)17/h2-8,11,16,20H,9-10,12H2,1H3,(H,19,21). The summed E-state index contributed by atoms with van der Waals surface area (Å²) in [5.74, 6) is 0.0406. The predicted molar refractivity (Wildman–Crippen MR) is 85.6 cm³/mol. The smallest absolute Gasteiger partial charge is 0.229 e. The van der Waals surface area contributed by atoms with Gasteiger partial charge in [-0.2, -0.15) is 0 Å². The molecule has 21 heavy (non-hydrogen) atoms. The van der Waals surface area contributed by atoms with Gasteiger partial charge in [-0.3, -0.25) is 4.79 Å². The molecule has 1 amide bonds. The van der Waals surface area contributed by atoms with E-state index in [1.165, 1.54) is 11.1 Å². The lowest BCUT2D eigenvalue weighted by Crippen LogP contribution is -2.31. The van der Waals surface area contributed by atoms with Crippen molar-refractivity contribution in [3.63, 3.8) is 0 Å². The number of para-hydroxylation sites is 1. The first-order valence-electron chi connectivity index (χ1n) is 7.40. The van der Waals surface area contributed by atoms with Crippen LogP contribution in [0.5, 0.6) is 0 Å². The molecule has 2 N–H and O–H groups in total. The molecule has 2 aromatic rings. The van der Waals surface area contributed by atoms with E-state index in [-0.39, 0.29) is 11.8 Å². The topological polar surface area (TPSA) is 41.1 Å². The van der Waals surface area contributed by atoms with E-state index < -0.39 is 0 Å². The molecule has 1 unspecified atom stereocenters. The van der Waals surface area contributed by atoms with Crippen LogP contribution in [0.2, 0.25) is 0 Å². The van der Waals surface area contributed by atoms with Gasteiger partial charge >= 0.3 is 0 Å². The third-order valence-corrected chi connectivity index (χ3v) is 3.94. The molecule has 108 valence electrons. The summed E-state index contributed by atoms with van der Waals surface area (Å²) in [5.41, 5.74) is 4.70. The zero-order chi connectivity index (χ0) is 14.7. The Kier molecular flexibility index (Phi) is 3.91. The van der Waals surface area contributed by atoms with E-state index in [1.807, 2.05) is 24.3 Å². The molecule has 3 nitrogen and oxygen atoms in total. The van der Waals surface area contributed by atoms with Crippen molar-refractivity contribution >= 4 is 11.6 Å². The van der Waals surface area contributed by atoms with Gasteiger partial charge < -0.3 is 10.6 Å². The molecule has 1 aliphatic rings. The lowest BCUT2D eigenvalue weighted by atomic mass is 10.0. The maximum absolute atomic E-state index is 12.3. The molecular weight excluding hydrogens is 260 g/mol. The zero-order valence-corrected chi connectivity index (χ0v) is 12.2. The van der Waals surface area contributed by atoms with Crippen LogP contribution in [0.1, 0.15) is 22.6 Å². The van der Waals surface area contributed by atoms with Crippen LogP contribution in [-0.4, -0.2) is 19.0 Å². The number of anilines is 1. The van der Waals surface area contributed by atoms with Crippen molar-refractivity contribution in [3.8, 4) is 0 Å². The Balaban J connectivity index is 1.56. The molecule has 0 aromatic heterocycles. The molecule has 0 fully saturated rings. The summed E-state index contributed by atoms with van der Waals surface area (Å²) in [7, 11) is 0. The Morgan fingerprint density at radius 3 is 2.95 bits per heavy atom. The number of carbonyl (C=O) groups is 1. The van der Waals surface area contributed by atoms with Crippen LogP contribution in [-0.2, 0) is 11.2 Å². The largest absolute Gasteiger partial charge is 0.384 e. The maximum Gasteiger partial charge on any atom is 0.229 e. The Labute approximate surface area is 125 Å². The van der Waals surface area contributed by atoms with Gasteiger partial charge in [0.25, 0.3) is 0 Å². The normalized spacial score (nSPS) is 16.1. The molecule has 1 heterocycles. The summed E-state index contributed by atoms with van der Waals surface area (Å²) in [4.78, 5) is 12.3. The first kappa shape index (κ1) is 13.7. The van der Waals surface area contributed by atoms with E-state index in [4.69, 9.17) is 0 Å². The van der Waals surface area contributed by atoms with Crippen molar-refractivity contribution in [1.82, 2.24) is 5.32 Å². The maximum atomic E-state index is 12.3. The van der Waals surface area contributed by atoms with Gasteiger partial charge in [0, 0.05) is 18.8 Å². The van der Waals surface area contributed by atoms with Gasteiger partial charge in [-0.05, 0) is 30.5 Å². The van der Waals surface area contributed by atoms with Crippen LogP contribution in [0.3, 0.4) is 0 Å². The molecule has 1 atom stereocenters. The lowest BCUT2D eigenvalue weighted by Gasteiger charge is -2.11. The molecule has 0 aliphatic carbocycles. The zero-order valence-electron chi connectivity index (χ0n) is 12.2. The van der Waals surface area contributed by atoms with E-state index in [1.54, 1.807) is 0 Å². The Bertz CT molecular complexity index is 651. The van der Waals surface area contributed by atoms with Gasteiger partial charge in [0.1, 0.15) is 0 Å². The van der Waals surface area contributed by atoms with Crippen molar-refractivity contribution in [2.24, 2.45) is 0 Å². The second kappa shape index (κ2) is 6.00. The molecule has 1 aliphatic heterocycles. The lowest BCUT2D eigenvalue weighted by molar-refractivity contribution is -0.122. The van der Waals surface area contributed by atoms with Crippen molar-refractivity contribution < 1.29 is 4.79 Å². The minimum Gasteiger partial charge on any atom is -0.384 e. The number of hydrogen-bond acceptors (Lipinski definition) is 2. The fraction of sp³-hybridized carbons (Fsp3) is 0.278. The number of hydrogen-bond donors (Lipinski definition) is 2. The number of aryl methyl sites for hydroxylation is 1. The number of fused-ring (bicyclic) bond motifs is 1. The Morgan fingerprint density at radius 1 is 1.24 bits per heavy atom. The average molecular weight is 280 g/mol. The third kappa shape index (κ3) is 3.07. The van der Waals surface area contributed by atoms with Crippen molar-refractivity contribution in [2.45, 2.75) is 19.3 Å². The van der Waals surface area contributed by atoms with Gasteiger partial charge in [0.2, 0.25) is 5.91 Å². The number of nitrogens with one attached hydrogen (secondary N) is 2. The highest BCUT2D eigenvalue weighted by molar-refractivity contribution is 5.88. The molecule has 0 radical (unpaired) electrons. The molecular formula is C18H20N2O. The second-order valence-corrected chi connectivity index (χ2v) is 5.55. The first-order chi connectivity index (χ1) is 10.2. The van der Waals surface area contributed by atoms with E-state index in [0.717, 1.165) is 17.7 Å². The van der Waals surface area contributed by atoms with Gasteiger partial charge in [0.05, 0.1) is 5.92 Å². The molecule has 3 heteroatoms. The van der Waals surface area contributed by atoms with Crippen LogP contribution in [0, 0.1) is 6.92 Å². The number of rotatable bonds is 4. The summed E-state index contributed by atoms with van der Waals surface area (Å²) in [5, 5.41) is 6.34. The number of benzene rings is 2. The highest BCUT2D eigenvalue weighted by Crippen LogP contribution is 2.30. The van der Waals surface area contributed by atoms with Crippen LogP contribution < -0.4 is 10.6 Å². The van der Waals surface area contributed by atoms with E-state index >= 15 is 0 Å². The van der Waals surface area contributed by atoms with Gasteiger partial charge in [-0.15, -0.1) is 0 Å². The summed E-state index contributed by atoms with van der Waals surface area (Å²) in [6, 6.07) is 16.4. The highest BCUT2D eigenvalue weighted by Gasteiger charge is 2.27. The molecule has 0 saturated heterocycles. The second-order valence-electron chi connectivity index (χ2n) is 5.55. The van der Waals surface area contributed by atoms with Gasteiger partial charge in [-0.25, -0.2) is 0 Å². The van der Waals surface area contributed by atoms with E-state index in [2.05, 4.69) is 41.8 Å². The summed E-state index contributed by atoms with van der Waals surface area (Å²) < 4.78 is 0. The fourth-order valence-electron chi connectivity index (χ4n) is 2.84. The number of amides is 1. The highest BCUT2D eigenvalue weighted by atomic mass is 16.1. The summed E-state index contributed by atoms with van der Waals surface area (Å²) in [6.45, 7) is 3.46. The van der Waals surface area contributed by atoms with Crippen molar-refractivity contribution in [1.29, 1.82) is 0 Å².